The predicted octanol–water partition coefficient (Wildman–Crippen LogP) is -0.698. The highest BCUT2D eigenvalue weighted by molar-refractivity contribution is 5.79. The largest absolute Gasteiger partial charge is 0.481 e. The zero-order chi connectivity index (χ0) is 15.0. The van der Waals surface area contributed by atoms with Gasteiger partial charge in [-0.1, -0.05) is 6.92 Å². The van der Waals surface area contributed by atoms with Crippen molar-refractivity contribution in [2.75, 3.05) is 26.3 Å². The van der Waals surface area contributed by atoms with E-state index in [9.17, 15) is 14.4 Å². The van der Waals surface area contributed by atoms with E-state index in [4.69, 9.17) is 9.84 Å². The summed E-state index contributed by atoms with van der Waals surface area (Å²) in [5.41, 5.74) is 0. The Hall–Kier alpha value is -1.83. The molecule has 1 aliphatic heterocycles. The molecule has 1 fully saturated rings. The third kappa shape index (κ3) is 5.43. The molecule has 1 heterocycles. The van der Waals surface area contributed by atoms with Crippen LogP contribution in [0.1, 0.15) is 19.8 Å². The molecule has 0 aromatic heterocycles. The molecule has 2 unspecified atom stereocenters. The Labute approximate surface area is 117 Å². The molecule has 1 aliphatic rings. The Morgan fingerprint density at radius 1 is 1.20 bits per heavy atom. The Balaban J connectivity index is 2.20. The number of carbonyl (C=O) groups is 3. The highest BCUT2D eigenvalue weighted by Gasteiger charge is 2.34. The van der Waals surface area contributed by atoms with Crippen molar-refractivity contribution in [3.63, 3.8) is 0 Å². The molecule has 0 aromatic carbocycles. The van der Waals surface area contributed by atoms with Gasteiger partial charge < -0.3 is 25.8 Å². The summed E-state index contributed by atoms with van der Waals surface area (Å²) in [6.07, 6.45) is 1.05. The lowest BCUT2D eigenvalue weighted by molar-refractivity contribution is -0.142. The Morgan fingerprint density at radius 3 is 2.60 bits per heavy atom. The number of hydrogen-bond acceptors (Lipinski definition) is 4. The average molecular weight is 287 g/mol. The normalized spacial score (nSPS) is 21.2. The highest BCUT2D eigenvalue weighted by Crippen LogP contribution is 2.13. The number of urea groups is 1. The minimum Gasteiger partial charge on any atom is -0.481 e. The van der Waals surface area contributed by atoms with Crippen LogP contribution in [0.5, 0.6) is 0 Å². The van der Waals surface area contributed by atoms with Crippen molar-refractivity contribution in [3.8, 4) is 0 Å². The van der Waals surface area contributed by atoms with E-state index in [2.05, 4.69) is 16.0 Å². The van der Waals surface area contributed by atoms with E-state index < -0.39 is 24.0 Å². The third-order valence-corrected chi connectivity index (χ3v) is 2.92. The molecule has 8 nitrogen and oxygen atoms in total. The number of aliphatic carboxylic acids is 1. The number of rotatable bonds is 7. The van der Waals surface area contributed by atoms with Crippen LogP contribution in [0.3, 0.4) is 0 Å². The van der Waals surface area contributed by atoms with Gasteiger partial charge in [-0.05, 0) is 6.42 Å². The topological polar surface area (TPSA) is 117 Å². The van der Waals surface area contributed by atoms with Crippen LogP contribution in [0.25, 0.3) is 0 Å². The molecule has 8 heteroatoms. The van der Waals surface area contributed by atoms with Gasteiger partial charge in [0.05, 0.1) is 19.3 Å². The van der Waals surface area contributed by atoms with Gasteiger partial charge in [0, 0.05) is 19.5 Å². The lowest BCUT2D eigenvalue weighted by Crippen LogP contribution is -2.47. The van der Waals surface area contributed by atoms with Gasteiger partial charge >= 0.3 is 12.0 Å². The Kier molecular flexibility index (Phi) is 6.78. The summed E-state index contributed by atoms with van der Waals surface area (Å²) < 4.78 is 5.03. The fourth-order valence-corrected chi connectivity index (χ4v) is 1.80. The third-order valence-electron chi connectivity index (χ3n) is 2.92. The van der Waals surface area contributed by atoms with Crippen LogP contribution >= 0.6 is 0 Å². The van der Waals surface area contributed by atoms with Crippen LogP contribution in [0.4, 0.5) is 4.79 Å². The summed E-state index contributed by atoms with van der Waals surface area (Å²) in [6.45, 7) is 3.05. The van der Waals surface area contributed by atoms with Crippen LogP contribution in [-0.2, 0) is 14.3 Å². The van der Waals surface area contributed by atoms with E-state index >= 15 is 0 Å². The molecule has 0 aromatic rings. The fourth-order valence-electron chi connectivity index (χ4n) is 1.80. The van der Waals surface area contributed by atoms with Gasteiger partial charge in [0.25, 0.3) is 0 Å². The van der Waals surface area contributed by atoms with Crippen LogP contribution < -0.4 is 16.0 Å². The summed E-state index contributed by atoms with van der Waals surface area (Å²) >= 11 is 0. The molecule has 0 saturated carbocycles. The van der Waals surface area contributed by atoms with Gasteiger partial charge in [0.1, 0.15) is 5.92 Å². The van der Waals surface area contributed by atoms with Crippen molar-refractivity contribution in [1.29, 1.82) is 0 Å². The first-order valence-corrected chi connectivity index (χ1v) is 6.66. The first-order chi connectivity index (χ1) is 9.54. The van der Waals surface area contributed by atoms with E-state index in [1.807, 2.05) is 6.92 Å². The molecule has 1 rings (SSSR count). The minimum atomic E-state index is -0.994. The number of ether oxygens (including phenoxy) is 1. The summed E-state index contributed by atoms with van der Waals surface area (Å²) in [7, 11) is 0. The number of carboxylic acids is 1. The summed E-state index contributed by atoms with van der Waals surface area (Å²) in [5, 5.41) is 16.7. The van der Waals surface area contributed by atoms with Gasteiger partial charge in [0.2, 0.25) is 5.91 Å². The number of amides is 3. The molecule has 0 bridgehead atoms. The van der Waals surface area contributed by atoms with Crippen molar-refractivity contribution < 1.29 is 24.2 Å². The number of carbonyl (C=O) groups excluding carboxylic acids is 2. The van der Waals surface area contributed by atoms with Crippen molar-refractivity contribution in [1.82, 2.24) is 16.0 Å². The minimum absolute atomic E-state index is 0.0969. The Morgan fingerprint density at radius 2 is 1.95 bits per heavy atom. The maximum atomic E-state index is 11.6. The maximum Gasteiger partial charge on any atom is 0.315 e. The molecule has 114 valence electrons. The van der Waals surface area contributed by atoms with E-state index in [-0.39, 0.29) is 32.1 Å². The van der Waals surface area contributed by atoms with Gasteiger partial charge in [0.15, 0.2) is 0 Å². The van der Waals surface area contributed by atoms with Crippen LogP contribution in [0, 0.1) is 5.92 Å². The molecule has 0 spiro atoms. The quantitative estimate of drug-likeness (QED) is 0.494. The summed E-state index contributed by atoms with van der Waals surface area (Å²) in [6, 6.07) is -1.03. The lowest BCUT2D eigenvalue weighted by atomic mass is 10.0. The van der Waals surface area contributed by atoms with E-state index in [1.165, 1.54) is 0 Å². The molecule has 0 aliphatic carbocycles. The molecule has 2 atom stereocenters. The van der Waals surface area contributed by atoms with E-state index in [0.29, 0.717) is 6.54 Å². The van der Waals surface area contributed by atoms with Crippen LogP contribution in [-0.4, -0.2) is 55.4 Å². The summed E-state index contributed by atoms with van der Waals surface area (Å²) in [5.74, 6) is -1.85. The van der Waals surface area contributed by atoms with Gasteiger partial charge in [-0.15, -0.1) is 0 Å². The molecule has 3 amide bonds. The summed E-state index contributed by atoms with van der Waals surface area (Å²) in [4.78, 5) is 33.7. The average Bonchev–Trinajstić information content (AvgIpc) is 2.84. The molecule has 0 radical (unpaired) electrons. The zero-order valence-corrected chi connectivity index (χ0v) is 11.5. The molecule has 20 heavy (non-hydrogen) atoms. The van der Waals surface area contributed by atoms with Gasteiger partial charge in [-0.2, -0.15) is 0 Å². The highest BCUT2D eigenvalue weighted by atomic mass is 16.5. The fraction of sp³-hybridized carbons (Fsp3) is 0.750. The zero-order valence-electron chi connectivity index (χ0n) is 11.5. The second kappa shape index (κ2) is 8.36. The van der Waals surface area contributed by atoms with Crippen molar-refractivity contribution >= 4 is 17.9 Å². The number of nitrogens with one attached hydrogen (secondary N) is 3. The molecular weight excluding hydrogens is 266 g/mol. The van der Waals surface area contributed by atoms with Gasteiger partial charge in [-0.25, -0.2) is 4.79 Å². The van der Waals surface area contributed by atoms with Crippen molar-refractivity contribution in [2.45, 2.75) is 25.8 Å². The second-order valence-corrected chi connectivity index (χ2v) is 4.59. The smallest absolute Gasteiger partial charge is 0.315 e. The van der Waals surface area contributed by atoms with Gasteiger partial charge in [-0.3, -0.25) is 9.59 Å². The van der Waals surface area contributed by atoms with Crippen LogP contribution in [0.2, 0.25) is 0 Å². The van der Waals surface area contributed by atoms with Crippen LogP contribution in [0.15, 0.2) is 0 Å². The monoisotopic (exact) mass is 287 g/mol. The van der Waals surface area contributed by atoms with E-state index in [0.717, 1.165) is 6.42 Å². The molecular formula is C12H21N3O5. The standard InChI is InChI=1S/C12H21N3O5/c1-2-4-13-10(16)3-5-14-12(19)15-9-7-20-6-8(9)11(17)18/h8-9H,2-7H2,1H3,(H,13,16)(H,17,18)(H2,14,15,19). The SMILES string of the molecule is CCCNC(=O)CCNC(=O)NC1COCC1C(=O)O. The van der Waals surface area contributed by atoms with Crippen molar-refractivity contribution in [3.05, 3.63) is 0 Å². The molecule has 4 N–H and O–H groups in total. The number of hydrogen-bond donors (Lipinski definition) is 4. The number of carboxylic acid groups (broad SMARTS) is 1. The first-order valence-electron chi connectivity index (χ1n) is 6.66. The first kappa shape index (κ1) is 16.2. The van der Waals surface area contributed by atoms with Crippen molar-refractivity contribution in [2.24, 2.45) is 5.92 Å². The molecule has 1 saturated heterocycles. The maximum absolute atomic E-state index is 11.6. The van der Waals surface area contributed by atoms with E-state index in [1.54, 1.807) is 0 Å². The lowest BCUT2D eigenvalue weighted by Gasteiger charge is -2.16. The second-order valence-electron chi connectivity index (χ2n) is 4.59. The Bertz CT molecular complexity index is 361. The predicted molar refractivity (Wildman–Crippen MR) is 70.2 cm³/mol.